The molecule has 3 N–H and O–H groups in total. The molecule has 17 heavy (non-hydrogen) atoms. The van der Waals surface area contributed by atoms with Crippen molar-refractivity contribution in [1.82, 2.24) is 4.90 Å². The van der Waals surface area contributed by atoms with Gasteiger partial charge in [-0.1, -0.05) is 0 Å². The third kappa shape index (κ3) is 2.48. The quantitative estimate of drug-likeness (QED) is 0.813. The lowest BCUT2D eigenvalue weighted by Gasteiger charge is -2.19. The Labute approximate surface area is 103 Å². The number of carboxylic acids is 1. The van der Waals surface area contributed by atoms with Crippen LogP contribution in [0, 0.1) is 0 Å². The summed E-state index contributed by atoms with van der Waals surface area (Å²) < 4.78 is 0. The first-order valence-electron chi connectivity index (χ1n) is 5.32. The van der Waals surface area contributed by atoms with Gasteiger partial charge < -0.3 is 15.7 Å². The summed E-state index contributed by atoms with van der Waals surface area (Å²) in [6, 6.07) is 1.89. The van der Waals surface area contributed by atoms with Crippen LogP contribution >= 0.6 is 11.3 Å². The zero-order valence-electron chi connectivity index (χ0n) is 9.26. The summed E-state index contributed by atoms with van der Waals surface area (Å²) >= 11 is 1.54. The van der Waals surface area contributed by atoms with Crippen molar-refractivity contribution in [2.75, 3.05) is 13.1 Å². The van der Waals surface area contributed by atoms with Gasteiger partial charge in [0.05, 0.1) is 6.42 Å². The van der Waals surface area contributed by atoms with Crippen LogP contribution in [0.15, 0.2) is 16.8 Å². The van der Waals surface area contributed by atoms with Gasteiger partial charge in [-0.25, -0.2) is 0 Å². The van der Waals surface area contributed by atoms with E-state index < -0.39 is 11.5 Å². The Bertz CT molecular complexity index is 432. The predicted molar refractivity (Wildman–Crippen MR) is 63.8 cm³/mol. The zero-order valence-corrected chi connectivity index (χ0v) is 10.1. The molecule has 6 heteroatoms. The minimum Gasteiger partial charge on any atom is -0.480 e. The van der Waals surface area contributed by atoms with Gasteiger partial charge in [0.2, 0.25) is 5.91 Å². The summed E-state index contributed by atoms with van der Waals surface area (Å²) in [4.78, 5) is 24.4. The Morgan fingerprint density at radius 1 is 1.59 bits per heavy atom. The van der Waals surface area contributed by atoms with Crippen molar-refractivity contribution >= 4 is 23.2 Å². The molecule has 0 spiro atoms. The van der Waals surface area contributed by atoms with E-state index in [2.05, 4.69) is 0 Å². The van der Waals surface area contributed by atoms with Gasteiger partial charge in [-0.2, -0.15) is 11.3 Å². The molecular formula is C11H14N2O3S. The Morgan fingerprint density at radius 3 is 2.88 bits per heavy atom. The Kier molecular flexibility index (Phi) is 3.17. The second kappa shape index (κ2) is 4.46. The van der Waals surface area contributed by atoms with Crippen molar-refractivity contribution in [3.05, 3.63) is 22.4 Å². The Morgan fingerprint density at radius 2 is 2.35 bits per heavy atom. The van der Waals surface area contributed by atoms with Crippen molar-refractivity contribution in [2.45, 2.75) is 18.4 Å². The third-order valence-corrected chi connectivity index (χ3v) is 3.75. The highest BCUT2D eigenvalue weighted by molar-refractivity contribution is 7.07. The molecule has 5 nitrogen and oxygen atoms in total. The lowest BCUT2D eigenvalue weighted by molar-refractivity contribution is -0.143. The maximum Gasteiger partial charge on any atom is 0.325 e. The summed E-state index contributed by atoms with van der Waals surface area (Å²) in [6.45, 7) is 0.525. The number of hydrogen-bond acceptors (Lipinski definition) is 4. The maximum absolute atomic E-state index is 11.9. The molecule has 2 heterocycles. The molecule has 1 aliphatic rings. The van der Waals surface area contributed by atoms with Crippen LogP contribution in [0.2, 0.25) is 0 Å². The number of carboxylic acid groups (broad SMARTS) is 1. The highest BCUT2D eigenvalue weighted by Gasteiger charge is 2.42. The largest absolute Gasteiger partial charge is 0.480 e. The Balaban J connectivity index is 1.97. The van der Waals surface area contributed by atoms with Gasteiger partial charge in [0.25, 0.3) is 0 Å². The molecule has 1 amide bonds. The molecule has 1 aliphatic heterocycles. The summed E-state index contributed by atoms with van der Waals surface area (Å²) in [5, 5.41) is 12.8. The van der Waals surface area contributed by atoms with E-state index in [0.29, 0.717) is 19.4 Å². The summed E-state index contributed by atoms with van der Waals surface area (Å²) in [5.74, 6) is -1.10. The number of carbonyl (C=O) groups excluding carboxylic acids is 1. The van der Waals surface area contributed by atoms with Gasteiger partial charge in [0.15, 0.2) is 0 Å². The van der Waals surface area contributed by atoms with Crippen molar-refractivity contribution in [2.24, 2.45) is 5.73 Å². The maximum atomic E-state index is 11.9. The standard InChI is InChI=1S/C11H14N2O3S/c12-11(10(15)16)2-3-13(7-11)9(14)5-8-1-4-17-6-8/h1,4,6H,2-3,5,7,12H2,(H,15,16). The molecule has 0 radical (unpaired) electrons. The van der Waals surface area contributed by atoms with Gasteiger partial charge >= 0.3 is 5.97 Å². The van der Waals surface area contributed by atoms with E-state index in [9.17, 15) is 9.59 Å². The van der Waals surface area contributed by atoms with E-state index in [0.717, 1.165) is 5.56 Å². The molecular weight excluding hydrogens is 240 g/mol. The monoisotopic (exact) mass is 254 g/mol. The number of nitrogens with two attached hydrogens (primary N) is 1. The third-order valence-electron chi connectivity index (χ3n) is 3.01. The van der Waals surface area contributed by atoms with Crippen LogP contribution in [0.4, 0.5) is 0 Å². The highest BCUT2D eigenvalue weighted by atomic mass is 32.1. The fourth-order valence-electron chi connectivity index (χ4n) is 1.90. The first-order chi connectivity index (χ1) is 8.01. The minimum absolute atomic E-state index is 0.0584. The van der Waals surface area contributed by atoms with Crippen LogP contribution in [-0.4, -0.2) is 40.5 Å². The smallest absolute Gasteiger partial charge is 0.325 e. The minimum atomic E-state index is -1.27. The molecule has 0 bridgehead atoms. The van der Waals surface area contributed by atoms with E-state index in [-0.39, 0.29) is 12.5 Å². The fraction of sp³-hybridized carbons (Fsp3) is 0.455. The zero-order chi connectivity index (χ0) is 12.5. The molecule has 0 aromatic carbocycles. The molecule has 0 aliphatic carbocycles. The highest BCUT2D eigenvalue weighted by Crippen LogP contribution is 2.20. The van der Waals surface area contributed by atoms with Crippen LogP contribution in [0.5, 0.6) is 0 Å². The first kappa shape index (κ1) is 12.1. The second-order valence-corrected chi connectivity index (χ2v) is 5.11. The number of thiophene rings is 1. The lowest BCUT2D eigenvalue weighted by Crippen LogP contribution is -2.50. The van der Waals surface area contributed by atoms with Gasteiger partial charge in [0.1, 0.15) is 5.54 Å². The van der Waals surface area contributed by atoms with Crippen LogP contribution in [0.3, 0.4) is 0 Å². The number of nitrogens with zero attached hydrogens (tertiary/aromatic N) is 1. The molecule has 1 aromatic heterocycles. The van der Waals surface area contributed by atoms with Crippen LogP contribution < -0.4 is 5.73 Å². The summed E-state index contributed by atoms with van der Waals surface area (Å²) in [6.07, 6.45) is 0.636. The van der Waals surface area contributed by atoms with Gasteiger partial charge in [-0.3, -0.25) is 9.59 Å². The molecule has 2 rings (SSSR count). The topological polar surface area (TPSA) is 83.6 Å². The lowest BCUT2D eigenvalue weighted by atomic mass is 10.0. The normalized spacial score (nSPS) is 23.9. The molecule has 1 saturated heterocycles. The molecule has 1 fully saturated rings. The van der Waals surface area contributed by atoms with E-state index in [4.69, 9.17) is 10.8 Å². The van der Waals surface area contributed by atoms with Crippen molar-refractivity contribution in [3.8, 4) is 0 Å². The Hall–Kier alpha value is -1.40. The number of aliphatic carboxylic acids is 1. The number of carbonyl (C=O) groups is 2. The van der Waals surface area contributed by atoms with Crippen LogP contribution in [-0.2, 0) is 16.0 Å². The van der Waals surface area contributed by atoms with Gasteiger partial charge in [-0.15, -0.1) is 0 Å². The van der Waals surface area contributed by atoms with Crippen molar-refractivity contribution in [3.63, 3.8) is 0 Å². The van der Waals surface area contributed by atoms with Crippen LogP contribution in [0.1, 0.15) is 12.0 Å². The van der Waals surface area contributed by atoms with E-state index in [1.54, 1.807) is 0 Å². The van der Waals surface area contributed by atoms with Crippen molar-refractivity contribution in [1.29, 1.82) is 0 Å². The number of likely N-dealkylation sites (tertiary alicyclic amines) is 1. The predicted octanol–water partition coefficient (Wildman–Crippen LogP) is 0.305. The van der Waals surface area contributed by atoms with Gasteiger partial charge in [0, 0.05) is 13.1 Å². The fourth-order valence-corrected chi connectivity index (χ4v) is 2.57. The average molecular weight is 254 g/mol. The average Bonchev–Trinajstić information content (AvgIpc) is 2.88. The van der Waals surface area contributed by atoms with Crippen LogP contribution in [0.25, 0.3) is 0 Å². The molecule has 1 unspecified atom stereocenters. The number of rotatable bonds is 3. The first-order valence-corrected chi connectivity index (χ1v) is 6.27. The summed E-state index contributed by atoms with van der Waals surface area (Å²) in [7, 11) is 0. The SMILES string of the molecule is NC1(C(=O)O)CCN(C(=O)Cc2ccsc2)C1. The number of amides is 1. The molecule has 1 atom stereocenters. The van der Waals surface area contributed by atoms with Crippen molar-refractivity contribution < 1.29 is 14.7 Å². The molecule has 92 valence electrons. The number of hydrogen-bond donors (Lipinski definition) is 2. The molecule has 0 saturated carbocycles. The second-order valence-electron chi connectivity index (χ2n) is 4.33. The van der Waals surface area contributed by atoms with Gasteiger partial charge in [-0.05, 0) is 28.8 Å². The van der Waals surface area contributed by atoms with E-state index >= 15 is 0 Å². The van der Waals surface area contributed by atoms with E-state index in [1.165, 1.54) is 16.2 Å². The van der Waals surface area contributed by atoms with E-state index in [1.807, 2.05) is 16.8 Å². The summed E-state index contributed by atoms with van der Waals surface area (Å²) in [5.41, 5.74) is 5.40. The molecule has 1 aromatic rings.